The Morgan fingerprint density at radius 1 is 1.70 bits per heavy atom. The molecule has 0 amide bonds. The van der Waals surface area contributed by atoms with Crippen molar-refractivity contribution in [1.29, 1.82) is 0 Å². The molecule has 1 rings (SSSR count). The third-order valence-electron chi connectivity index (χ3n) is 1.44. The van der Waals surface area contributed by atoms with Crippen LogP contribution >= 0.6 is 0 Å². The van der Waals surface area contributed by atoms with Crippen LogP contribution in [-0.2, 0) is 7.05 Å². The highest BCUT2D eigenvalue weighted by atomic mass is 15.4. The molecule has 0 aliphatic rings. The minimum atomic E-state index is 1.06. The Hall–Kier alpha value is -0.795. The summed E-state index contributed by atoms with van der Waals surface area (Å²) in [5.74, 6) is 0. The van der Waals surface area contributed by atoms with Gasteiger partial charge in [0.05, 0.1) is 0 Å². The summed E-state index contributed by atoms with van der Waals surface area (Å²) in [5, 5.41) is 7.80. The highest BCUT2D eigenvalue weighted by Crippen LogP contribution is 1.83. The Morgan fingerprint density at radius 2 is 2.50 bits per heavy atom. The van der Waals surface area contributed by atoms with Crippen molar-refractivity contribution < 1.29 is 0 Å². The lowest BCUT2D eigenvalue weighted by Crippen LogP contribution is -2.14. The van der Waals surface area contributed by atoms with Gasteiger partial charge in [-0.15, -0.1) is 5.10 Å². The lowest BCUT2D eigenvalue weighted by Gasteiger charge is -1.86. The Labute approximate surface area is 61.7 Å². The van der Waals surface area contributed by atoms with E-state index in [4.69, 9.17) is 0 Å². The number of rotatable bonds is 3. The average molecular weight is 137 g/mol. The summed E-state index contributed by atoms with van der Waals surface area (Å²) in [5.41, 5.74) is 1.10. The van der Waals surface area contributed by atoms with Crippen molar-refractivity contribution in [2.24, 2.45) is 7.05 Å². The van der Waals surface area contributed by atoms with Crippen molar-refractivity contribution in [1.82, 2.24) is 15.0 Å². The molecule has 0 aromatic carbocycles. The molecule has 0 saturated carbocycles. The van der Waals surface area contributed by atoms with Crippen LogP contribution in [0, 0.1) is 0 Å². The van der Waals surface area contributed by atoms with E-state index in [-0.39, 0.29) is 0 Å². The summed E-state index contributed by atoms with van der Waals surface area (Å²) in [4.78, 5) is 0. The number of hydrogen-bond donors (Lipinski definition) is 0. The molecule has 10 heavy (non-hydrogen) atoms. The predicted octanol–water partition coefficient (Wildman–Crippen LogP) is -0.295. The van der Waals surface area contributed by atoms with Crippen LogP contribution in [0.2, 0.25) is 6.32 Å². The molecule has 54 valence electrons. The average Bonchev–Trinajstić information content (AvgIpc) is 2.31. The van der Waals surface area contributed by atoms with E-state index >= 15 is 0 Å². The topological polar surface area (TPSA) is 30.7 Å². The molecule has 0 spiro atoms. The zero-order valence-corrected chi connectivity index (χ0v) is 6.54. The van der Waals surface area contributed by atoms with Gasteiger partial charge in [0.2, 0.25) is 0 Å². The minimum Gasteiger partial charge on any atom is -0.256 e. The van der Waals surface area contributed by atoms with Crippen LogP contribution in [0.25, 0.3) is 0 Å². The maximum absolute atomic E-state index is 3.97. The zero-order chi connectivity index (χ0) is 7.40. The van der Waals surface area contributed by atoms with Crippen LogP contribution in [0.4, 0.5) is 0 Å². The largest absolute Gasteiger partial charge is 0.256 e. The normalized spacial score (nSPS) is 9.80. The number of aromatic nitrogens is 3. The van der Waals surface area contributed by atoms with Crippen molar-refractivity contribution in [3.8, 4) is 0 Å². The SMILES string of the molecule is CCCBc1cn(C)nn1. The molecule has 0 aliphatic heterocycles. The third kappa shape index (κ3) is 1.86. The fraction of sp³-hybridized carbons (Fsp3) is 0.667. The molecule has 3 nitrogen and oxygen atoms in total. The van der Waals surface area contributed by atoms with Crippen molar-refractivity contribution in [3.63, 3.8) is 0 Å². The van der Waals surface area contributed by atoms with Crippen molar-refractivity contribution in [3.05, 3.63) is 6.20 Å². The van der Waals surface area contributed by atoms with E-state index in [1.54, 1.807) is 4.68 Å². The van der Waals surface area contributed by atoms with E-state index < -0.39 is 0 Å². The molecule has 4 heteroatoms. The van der Waals surface area contributed by atoms with Gasteiger partial charge < -0.3 is 0 Å². The Bertz CT molecular complexity index is 197. The first-order chi connectivity index (χ1) is 4.83. The fourth-order valence-electron chi connectivity index (χ4n) is 0.868. The first-order valence-corrected chi connectivity index (χ1v) is 3.68. The molecule has 0 saturated heterocycles. The van der Waals surface area contributed by atoms with Crippen LogP contribution in [0.15, 0.2) is 6.20 Å². The van der Waals surface area contributed by atoms with E-state index in [9.17, 15) is 0 Å². The van der Waals surface area contributed by atoms with Gasteiger partial charge in [0.25, 0.3) is 0 Å². The molecule has 0 unspecified atom stereocenters. The van der Waals surface area contributed by atoms with Crippen LogP contribution in [0.5, 0.6) is 0 Å². The Kier molecular flexibility index (Phi) is 2.48. The zero-order valence-electron chi connectivity index (χ0n) is 6.54. The highest BCUT2D eigenvalue weighted by molar-refractivity contribution is 6.52. The van der Waals surface area contributed by atoms with Gasteiger partial charge in [0, 0.05) is 18.8 Å². The summed E-state index contributed by atoms with van der Waals surface area (Å²) < 4.78 is 1.74. The van der Waals surface area contributed by atoms with E-state index in [2.05, 4.69) is 17.2 Å². The second-order valence-electron chi connectivity index (χ2n) is 2.49. The molecule has 0 fully saturated rings. The molecular formula is C6H12BN3. The van der Waals surface area contributed by atoms with E-state index in [1.165, 1.54) is 12.7 Å². The second kappa shape index (κ2) is 3.39. The van der Waals surface area contributed by atoms with Gasteiger partial charge >= 0.3 is 0 Å². The lowest BCUT2D eigenvalue weighted by molar-refractivity contribution is 0.715. The standard InChI is InChI=1S/C6H12BN3/c1-3-4-7-6-5-10(2)9-8-6/h5,7H,3-4H2,1-2H3. The lowest BCUT2D eigenvalue weighted by atomic mass is 9.70. The van der Waals surface area contributed by atoms with Crippen LogP contribution in [0.3, 0.4) is 0 Å². The van der Waals surface area contributed by atoms with Gasteiger partial charge in [-0.1, -0.05) is 24.9 Å². The molecule has 1 aromatic heterocycles. The Morgan fingerprint density at radius 3 is 3.00 bits per heavy atom. The quantitative estimate of drug-likeness (QED) is 0.535. The van der Waals surface area contributed by atoms with Gasteiger partial charge in [-0.05, 0) is 0 Å². The molecule has 0 bridgehead atoms. The monoisotopic (exact) mass is 137 g/mol. The third-order valence-corrected chi connectivity index (χ3v) is 1.44. The van der Waals surface area contributed by atoms with Crippen molar-refractivity contribution in [2.75, 3.05) is 0 Å². The predicted molar refractivity (Wildman–Crippen MR) is 42.9 cm³/mol. The van der Waals surface area contributed by atoms with E-state index in [0.717, 1.165) is 12.9 Å². The molecule has 1 aromatic rings. The smallest absolute Gasteiger partial charge is 0.186 e. The van der Waals surface area contributed by atoms with E-state index in [1.807, 2.05) is 13.2 Å². The summed E-state index contributed by atoms with van der Waals surface area (Å²) in [6.45, 7) is 2.18. The summed E-state index contributed by atoms with van der Waals surface area (Å²) in [7, 11) is 2.95. The van der Waals surface area contributed by atoms with Crippen molar-refractivity contribution in [2.45, 2.75) is 19.7 Å². The maximum atomic E-state index is 3.97. The molecule has 0 aliphatic carbocycles. The van der Waals surface area contributed by atoms with Gasteiger partial charge in [-0.2, -0.15) is 0 Å². The summed E-state index contributed by atoms with van der Waals surface area (Å²) >= 11 is 0. The van der Waals surface area contributed by atoms with Gasteiger partial charge in [-0.25, -0.2) is 0 Å². The number of hydrogen-bond acceptors (Lipinski definition) is 2. The first-order valence-electron chi connectivity index (χ1n) is 3.68. The fourth-order valence-corrected chi connectivity index (χ4v) is 0.868. The maximum Gasteiger partial charge on any atom is 0.186 e. The minimum absolute atomic E-state index is 1.06. The summed E-state index contributed by atoms with van der Waals surface area (Å²) in [6.07, 6.45) is 4.39. The molecule has 0 radical (unpaired) electrons. The van der Waals surface area contributed by atoms with E-state index in [0.29, 0.717) is 0 Å². The first kappa shape index (κ1) is 7.31. The molecule has 1 heterocycles. The van der Waals surface area contributed by atoms with Crippen molar-refractivity contribution >= 4 is 12.9 Å². The molecular weight excluding hydrogens is 125 g/mol. The van der Waals surface area contributed by atoms with Gasteiger partial charge in [-0.3, -0.25) is 4.68 Å². The molecule has 0 atom stereocenters. The summed E-state index contributed by atoms with van der Waals surface area (Å²) in [6, 6.07) is 0. The number of nitrogens with zero attached hydrogens (tertiary/aromatic N) is 3. The number of aryl methyl sites for hydroxylation is 1. The van der Waals surface area contributed by atoms with Crippen LogP contribution in [0.1, 0.15) is 13.3 Å². The Balaban J connectivity index is 2.42. The highest BCUT2D eigenvalue weighted by Gasteiger charge is 1.97. The van der Waals surface area contributed by atoms with Gasteiger partial charge in [0.1, 0.15) is 0 Å². The molecule has 0 N–H and O–H groups in total. The van der Waals surface area contributed by atoms with Crippen LogP contribution in [-0.4, -0.2) is 22.3 Å². The second-order valence-corrected chi connectivity index (χ2v) is 2.49. The van der Waals surface area contributed by atoms with Gasteiger partial charge in [0.15, 0.2) is 7.28 Å². The van der Waals surface area contributed by atoms with Crippen LogP contribution < -0.4 is 5.59 Å².